The lowest BCUT2D eigenvalue weighted by molar-refractivity contribution is -0.126. The minimum absolute atomic E-state index is 0.0763. The summed E-state index contributed by atoms with van der Waals surface area (Å²) >= 11 is 0. The molecule has 2 aromatic rings. The fraction of sp³-hybridized carbons (Fsp3) is 0.316. The fourth-order valence-corrected chi connectivity index (χ4v) is 3.28. The summed E-state index contributed by atoms with van der Waals surface area (Å²) in [5.74, 6) is 0.450. The molecule has 1 aliphatic rings. The van der Waals surface area contributed by atoms with Crippen LogP contribution in [0.15, 0.2) is 60.7 Å². The zero-order valence-corrected chi connectivity index (χ0v) is 12.3. The predicted molar refractivity (Wildman–Crippen MR) is 84.9 cm³/mol. The van der Waals surface area contributed by atoms with Gasteiger partial charge in [-0.1, -0.05) is 67.6 Å². The van der Waals surface area contributed by atoms with Crippen molar-refractivity contribution in [3.63, 3.8) is 0 Å². The Morgan fingerprint density at radius 2 is 1.52 bits per heavy atom. The minimum atomic E-state index is 0.0763. The van der Waals surface area contributed by atoms with Crippen molar-refractivity contribution in [2.45, 2.75) is 31.8 Å². The molecular formula is C19H21NO. The Kier molecular flexibility index (Phi) is 4.16. The molecule has 0 unspecified atom stereocenters. The van der Waals surface area contributed by atoms with Crippen molar-refractivity contribution < 1.29 is 4.79 Å². The Morgan fingerprint density at radius 3 is 2.10 bits per heavy atom. The van der Waals surface area contributed by atoms with E-state index in [0.29, 0.717) is 12.2 Å². The quantitative estimate of drug-likeness (QED) is 0.918. The van der Waals surface area contributed by atoms with Crippen molar-refractivity contribution >= 4 is 5.78 Å². The van der Waals surface area contributed by atoms with E-state index in [1.807, 2.05) is 36.4 Å². The summed E-state index contributed by atoms with van der Waals surface area (Å²) in [5, 5.41) is 3.70. The van der Waals surface area contributed by atoms with Crippen LogP contribution in [0.1, 0.15) is 43.0 Å². The normalized spacial score (nSPS) is 25.8. The summed E-state index contributed by atoms with van der Waals surface area (Å²) in [5.41, 5.74) is 2.40. The van der Waals surface area contributed by atoms with Crippen molar-refractivity contribution in [2.24, 2.45) is 5.92 Å². The molecule has 0 spiro atoms. The van der Waals surface area contributed by atoms with Gasteiger partial charge in [0.2, 0.25) is 0 Å². The van der Waals surface area contributed by atoms with E-state index in [2.05, 4.69) is 36.5 Å². The third-order valence-corrected chi connectivity index (χ3v) is 4.40. The van der Waals surface area contributed by atoms with Gasteiger partial charge in [0.1, 0.15) is 5.78 Å². The third-order valence-electron chi connectivity index (χ3n) is 4.40. The molecule has 1 fully saturated rings. The highest BCUT2D eigenvalue weighted by atomic mass is 16.1. The van der Waals surface area contributed by atoms with Crippen molar-refractivity contribution in [3.05, 3.63) is 71.8 Å². The number of hydrogen-bond acceptors (Lipinski definition) is 2. The molecule has 108 valence electrons. The molecule has 0 aliphatic carbocycles. The van der Waals surface area contributed by atoms with Gasteiger partial charge < -0.3 is 5.32 Å². The second kappa shape index (κ2) is 6.23. The van der Waals surface area contributed by atoms with Crippen molar-refractivity contribution in [3.8, 4) is 0 Å². The molecule has 0 bridgehead atoms. The number of carbonyl (C=O) groups excluding carboxylic acids is 1. The van der Waals surface area contributed by atoms with Gasteiger partial charge in [-0.25, -0.2) is 0 Å². The largest absolute Gasteiger partial charge is 0.302 e. The second-order valence-corrected chi connectivity index (χ2v) is 5.70. The number of hydrogen-bond donors (Lipinski definition) is 1. The van der Waals surface area contributed by atoms with Gasteiger partial charge in [0, 0.05) is 24.4 Å². The van der Waals surface area contributed by atoms with Crippen LogP contribution >= 0.6 is 0 Å². The monoisotopic (exact) mass is 279 g/mol. The van der Waals surface area contributed by atoms with E-state index in [0.717, 1.165) is 6.42 Å². The number of rotatable bonds is 3. The lowest BCUT2D eigenvalue weighted by Crippen LogP contribution is -2.42. The van der Waals surface area contributed by atoms with E-state index < -0.39 is 0 Å². The molecule has 2 aromatic carbocycles. The maximum Gasteiger partial charge on any atom is 0.139 e. The molecule has 1 saturated heterocycles. The van der Waals surface area contributed by atoms with E-state index in [1.165, 1.54) is 11.1 Å². The van der Waals surface area contributed by atoms with Gasteiger partial charge in [0.15, 0.2) is 0 Å². The second-order valence-electron chi connectivity index (χ2n) is 5.70. The van der Waals surface area contributed by atoms with Crippen LogP contribution < -0.4 is 5.32 Å². The Hall–Kier alpha value is -1.93. The first-order chi connectivity index (χ1) is 10.3. The van der Waals surface area contributed by atoms with Crippen LogP contribution in [0, 0.1) is 5.92 Å². The highest BCUT2D eigenvalue weighted by molar-refractivity contribution is 5.83. The average molecular weight is 279 g/mol. The molecule has 0 saturated carbocycles. The molecule has 1 aliphatic heterocycles. The lowest BCUT2D eigenvalue weighted by atomic mass is 9.79. The number of ketones is 1. The Morgan fingerprint density at radius 1 is 0.952 bits per heavy atom. The Labute approximate surface area is 126 Å². The summed E-state index contributed by atoms with van der Waals surface area (Å²) in [6.07, 6.45) is 1.47. The summed E-state index contributed by atoms with van der Waals surface area (Å²) in [7, 11) is 0. The fourth-order valence-electron chi connectivity index (χ4n) is 3.28. The summed E-state index contributed by atoms with van der Waals surface area (Å²) < 4.78 is 0. The molecular weight excluding hydrogens is 258 g/mol. The molecule has 0 aromatic heterocycles. The first-order valence-corrected chi connectivity index (χ1v) is 7.68. The highest BCUT2D eigenvalue weighted by Crippen LogP contribution is 2.36. The zero-order chi connectivity index (χ0) is 14.7. The van der Waals surface area contributed by atoms with Crippen LogP contribution in [0.25, 0.3) is 0 Å². The molecule has 3 rings (SSSR count). The van der Waals surface area contributed by atoms with Crippen LogP contribution in [0.2, 0.25) is 0 Å². The number of carbonyl (C=O) groups is 1. The van der Waals surface area contributed by atoms with Crippen molar-refractivity contribution in [2.75, 3.05) is 0 Å². The summed E-state index contributed by atoms with van der Waals surface area (Å²) in [6.45, 7) is 2.10. The summed E-state index contributed by atoms with van der Waals surface area (Å²) in [6, 6.07) is 20.8. The van der Waals surface area contributed by atoms with Gasteiger partial charge in [-0.2, -0.15) is 0 Å². The molecule has 2 heteroatoms. The molecule has 2 nitrogen and oxygen atoms in total. The van der Waals surface area contributed by atoms with Gasteiger partial charge >= 0.3 is 0 Å². The Balaban J connectivity index is 1.91. The SMILES string of the molecule is CC[C@H]1C(=O)C[C@H](c2ccccc2)N[C@@H]1c1ccccc1. The third kappa shape index (κ3) is 2.91. The van der Waals surface area contributed by atoms with Crippen LogP contribution in [0.4, 0.5) is 0 Å². The van der Waals surface area contributed by atoms with E-state index in [4.69, 9.17) is 0 Å². The van der Waals surface area contributed by atoms with E-state index >= 15 is 0 Å². The van der Waals surface area contributed by atoms with Gasteiger partial charge in [0.25, 0.3) is 0 Å². The first-order valence-electron chi connectivity index (χ1n) is 7.68. The molecule has 21 heavy (non-hydrogen) atoms. The van der Waals surface area contributed by atoms with Crippen LogP contribution in [0.3, 0.4) is 0 Å². The molecule has 3 atom stereocenters. The molecule has 1 heterocycles. The minimum Gasteiger partial charge on any atom is -0.302 e. The van der Waals surface area contributed by atoms with Gasteiger partial charge in [0.05, 0.1) is 0 Å². The van der Waals surface area contributed by atoms with Gasteiger partial charge in [-0.3, -0.25) is 4.79 Å². The first kappa shape index (κ1) is 14.0. The van der Waals surface area contributed by atoms with Gasteiger partial charge in [-0.05, 0) is 17.5 Å². The number of Topliss-reactive ketones (excluding diaryl/α,β-unsaturated/α-hetero) is 1. The van der Waals surface area contributed by atoms with E-state index in [-0.39, 0.29) is 18.0 Å². The van der Waals surface area contributed by atoms with Crippen LogP contribution in [-0.2, 0) is 4.79 Å². The molecule has 0 amide bonds. The maximum atomic E-state index is 12.6. The number of piperidine rings is 1. The van der Waals surface area contributed by atoms with E-state index in [1.54, 1.807) is 0 Å². The average Bonchev–Trinajstić information content (AvgIpc) is 2.55. The smallest absolute Gasteiger partial charge is 0.139 e. The lowest BCUT2D eigenvalue weighted by Gasteiger charge is -2.36. The summed E-state index contributed by atoms with van der Waals surface area (Å²) in [4.78, 5) is 12.6. The molecule has 1 N–H and O–H groups in total. The van der Waals surface area contributed by atoms with Crippen LogP contribution in [-0.4, -0.2) is 5.78 Å². The standard InChI is InChI=1S/C19H21NO/c1-2-16-18(21)13-17(14-9-5-3-6-10-14)20-19(16)15-11-7-4-8-12-15/h3-12,16-17,19-20H,2,13H2,1H3/t16-,17+,19+/m0/s1. The van der Waals surface area contributed by atoms with Crippen molar-refractivity contribution in [1.82, 2.24) is 5.32 Å². The number of benzene rings is 2. The number of nitrogens with one attached hydrogen (secondary N) is 1. The van der Waals surface area contributed by atoms with Crippen molar-refractivity contribution in [1.29, 1.82) is 0 Å². The van der Waals surface area contributed by atoms with Gasteiger partial charge in [-0.15, -0.1) is 0 Å². The molecule has 0 radical (unpaired) electrons. The zero-order valence-electron chi connectivity index (χ0n) is 12.3. The Bertz CT molecular complexity index is 593. The predicted octanol–water partition coefficient (Wildman–Crippen LogP) is 4.06. The van der Waals surface area contributed by atoms with Crippen LogP contribution in [0.5, 0.6) is 0 Å². The van der Waals surface area contributed by atoms with E-state index in [9.17, 15) is 4.79 Å². The maximum absolute atomic E-state index is 12.6. The highest BCUT2D eigenvalue weighted by Gasteiger charge is 2.36. The topological polar surface area (TPSA) is 29.1 Å².